The van der Waals surface area contributed by atoms with E-state index < -0.39 is 0 Å². The molecule has 0 radical (unpaired) electrons. The fourth-order valence-corrected chi connectivity index (χ4v) is 3.19. The van der Waals surface area contributed by atoms with Crippen LogP contribution in [0.4, 0.5) is 11.4 Å². The number of hydrogen-bond donors (Lipinski definition) is 1. The molecule has 1 amide bonds. The standard InChI is InChI=1S/C17H14BrClN2O/c1-3-10-8-11(18)5-7-13(10)20-16-14-12(19)6-4-9(2)15(14)21-17(16)22/h4-8H,3H2,1-2H3,(H,20,21,22). The molecule has 1 aliphatic heterocycles. The zero-order valence-corrected chi connectivity index (χ0v) is 14.5. The molecule has 1 aliphatic rings. The van der Waals surface area contributed by atoms with Crippen molar-refractivity contribution in [1.29, 1.82) is 0 Å². The van der Waals surface area contributed by atoms with Crippen LogP contribution in [0.3, 0.4) is 0 Å². The number of halogens is 2. The molecule has 0 aromatic heterocycles. The van der Waals surface area contributed by atoms with Gasteiger partial charge in [-0.25, -0.2) is 4.99 Å². The summed E-state index contributed by atoms with van der Waals surface area (Å²) in [6.07, 6.45) is 0.835. The predicted octanol–water partition coefficient (Wildman–Crippen LogP) is 5.05. The Bertz CT molecular complexity index is 815. The number of aryl methyl sites for hydroxylation is 2. The fraction of sp³-hybridized carbons (Fsp3) is 0.176. The Morgan fingerprint density at radius 3 is 2.77 bits per heavy atom. The summed E-state index contributed by atoms with van der Waals surface area (Å²) >= 11 is 9.75. The number of anilines is 1. The van der Waals surface area contributed by atoms with Crippen LogP contribution in [0.25, 0.3) is 0 Å². The van der Waals surface area contributed by atoms with Gasteiger partial charge in [0.05, 0.1) is 16.4 Å². The van der Waals surface area contributed by atoms with E-state index in [-0.39, 0.29) is 5.91 Å². The minimum absolute atomic E-state index is 0.212. The molecule has 2 aromatic rings. The third kappa shape index (κ3) is 2.57. The van der Waals surface area contributed by atoms with Crippen molar-refractivity contribution >= 4 is 50.5 Å². The minimum Gasteiger partial charge on any atom is -0.320 e. The summed E-state index contributed by atoms with van der Waals surface area (Å²) in [5.41, 5.74) is 4.67. The highest BCUT2D eigenvalue weighted by Crippen LogP contribution is 2.35. The summed E-state index contributed by atoms with van der Waals surface area (Å²) in [5, 5.41) is 3.40. The van der Waals surface area contributed by atoms with Gasteiger partial charge in [0.1, 0.15) is 5.71 Å². The van der Waals surface area contributed by atoms with Crippen molar-refractivity contribution in [2.24, 2.45) is 4.99 Å². The highest BCUT2D eigenvalue weighted by Gasteiger charge is 2.29. The average molecular weight is 378 g/mol. The lowest BCUT2D eigenvalue weighted by atomic mass is 10.1. The van der Waals surface area contributed by atoms with Crippen LogP contribution in [0.2, 0.25) is 5.02 Å². The molecule has 1 heterocycles. The Labute approximate surface area is 142 Å². The van der Waals surface area contributed by atoms with Gasteiger partial charge in [-0.05, 0) is 48.7 Å². The first-order valence-corrected chi connectivity index (χ1v) is 8.16. The van der Waals surface area contributed by atoms with Crippen LogP contribution in [0.5, 0.6) is 0 Å². The average Bonchev–Trinajstić information content (AvgIpc) is 2.83. The molecular weight excluding hydrogens is 364 g/mol. The summed E-state index contributed by atoms with van der Waals surface area (Å²) in [6.45, 7) is 4.00. The first-order valence-electron chi connectivity index (χ1n) is 6.99. The number of aliphatic imine (C=N–C) groups is 1. The molecule has 0 atom stereocenters. The van der Waals surface area contributed by atoms with E-state index >= 15 is 0 Å². The van der Waals surface area contributed by atoms with Crippen LogP contribution in [0.1, 0.15) is 23.6 Å². The van der Waals surface area contributed by atoms with Crippen molar-refractivity contribution in [3.05, 3.63) is 56.5 Å². The molecule has 0 spiro atoms. The zero-order chi connectivity index (χ0) is 15.9. The maximum absolute atomic E-state index is 12.3. The van der Waals surface area contributed by atoms with Gasteiger partial charge in [-0.3, -0.25) is 4.79 Å². The van der Waals surface area contributed by atoms with Gasteiger partial charge in [-0.15, -0.1) is 0 Å². The predicted molar refractivity (Wildman–Crippen MR) is 94.5 cm³/mol. The second-order valence-electron chi connectivity index (χ2n) is 5.16. The first-order chi connectivity index (χ1) is 10.5. The van der Waals surface area contributed by atoms with E-state index in [1.54, 1.807) is 6.07 Å². The highest BCUT2D eigenvalue weighted by atomic mass is 79.9. The first kappa shape index (κ1) is 15.3. The quantitative estimate of drug-likeness (QED) is 0.782. The van der Waals surface area contributed by atoms with Crippen molar-refractivity contribution in [1.82, 2.24) is 0 Å². The number of carbonyl (C=O) groups is 1. The van der Waals surface area contributed by atoms with Crippen LogP contribution in [0.15, 0.2) is 39.8 Å². The van der Waals surface area contributed by atoms with E-state index in [1.165, 1.54) is 0 Å². The number of rotatable bonds is 2. The Morgan fingerprint density at radius 2 is 2.05 bits per heavy atom. The van der Waals surface area contributed by atoms with Crippen molar-refractivity contribution in [3.63, 3.8) is 0 Å². The van der Waals surface area contributed by atoms with Gasteiger partial charge >= 0.3 is 0 Å². The monoisotopic (exact) mass is 376 g/mol. The molecule has 0 fully saturated rings. The molecule has 0 unspecified atom stereocenters. The number of carbonyl (C=O) groups excluding carboxylic acids is 1. The van der Waals surface area contributed by atoms with Crippen molar-refractivity contribution in [3.8, 4) is 0 Å². The SMILES string of the molecule is CCc1cc(Br)ccc1N=C1C(=O)Nc2c(C)ccc(Cl)c21. The lowest BCUT2D eigenvalue weighted by Crippen LogP contribution is -2.14. The Morgan fingerprint density at radius 1 is 1.27 bits per heavy atom. The van der Waals surface area contributed by atoms with Gasteiger partial charge in [0.25, 0.3) is 5.91 Å². The zero-order valence-electron chi connectivity index (χ0n) is 12.2. The largest absolute Gasteiger partial charge is 0.320 e. The molecule has 3 nitrogen and oxygen atoms in total. The molecule has 0 bridgehead atoms. The molecule has 5 heteroatoms. The fourth-order valence-electron chi connectivity index (χ4n) is 2.53. The molecule has 3 rings (SSSR count). The normalized spacial score (nSPS) is 15.1. The molecule has 0 saturated carbocycles. The Kier molecular flexibility index (Phi) is 4.06. The van der Waals surface area contributed by atoms with E-state index in [2.05, 4.69) is 33.2 Å². The van der Waals surface area contributed by atoms with Gasteiger partial charge in [0.15, 0.2) is 0 Å². The van der Waals surface area contributed by atoms with E-state index in [4.69, 9.17) is 11.6 Å². The van der Waals surface area contributed by atoms with E-state index in [0.717, 1.165) is 33.4 Å². The summed E-state index contributed by atoms with van der Waals surface area (Å²) in [7, 11) is 0. The Balaban J connectivity index is 2.19. The van der Waals surface area contributed by atoms with E-state index in [9.17, 15) is 4.79 Å². The third-order valence-corrected chi connectivity index (χ3v) is 4.52. The number of hydrogen-bond acceptors (Lipinski definition) is 2. The van der Waals surface area contributed by atoms with Crippen LogP contribution in [-0.2, 0) is 11.2 Å². The second-order valence-corrected chi connectivity index (χ2v) is 6.48. The van der Waals surface area contributed by atoms with Gasteiger partial charge in [0, 0.05) is 10.0 Å². The maximum atomic E-state index is 12.3. The van der Waals surface area contributed by atoms with Crippen LogP contribution >= 0.6 is 27.5 Å². The lowest BCUT2D eigenvalue weighted by Gasteiger charge is -2.06. The van der Waals surface area contributed by atoms with E-state index in [1.807, 2.05) is 31.2 Å². The summed E-state index contributed by atoms with van der Waals surface area (Å²) in [5.74, 6) is -0.212. The second kappa shape index (κ2) is 5.86. The number of amides is 1. The number of benzene rings is 2. The summed E-state index contributed by atoms with van der Waals surface area (Å²) in [6, 6.07) is 9.54. The third-order valence-electron chi connectivity index (χ3n) is 3.71. The van der Waals surface area contributed by atoms with Gasteiger partial charge in [0.2, 0.25) is 0 Å². The van der Waals surface area contributed by atoms with E-state index in [0.29, 0.717) is 16.3 Å². The molecule has 0 aliphatic carbocycles. The number of fused-ring (bicyclic) bond motifs is 1. The Hall–Kier alpha value is -1.65. The van der Waals surface area contributed by atoms with Crippen LogP contribution in [0, 0.1) is 6.92 Å². The molecule has 2 aromatic carbocycles. The summed E-state index contributed by atoms with van der Waals surface area (Å²) < 4.78 is 0.999. The number of nitrogens with one attached hydrogen (secondary N) is 1. The van der Waals surface area contributed by atoms with Gasteiger partial charge in [-0.2, -0.15) is 0 Å². The van der Waals surface area contributed by atoms with Gasteiger partial charge in [-0.1, -0.05) is 40.5 Å². The minimum atomic E-state index is -0.212. The van der Waals surface area contributed by atoms with Gasteiger partial charge < -0.3 is 5.32 Å². The highest BCUT2D eigenvalue weighted by molar-refractivity contribution is 9.10. The topological polar surface area (TPSA) is 41.5 Å². The molecule has 112 valence electrons. The smallest absolute Gasteiger partial charge is 0.275 e. The maximum Gasteiger partial charge on any atom is 0.275 e. The number of nitrogens with zero attached hydrogens (tertiary/aromatic N) is 1. The van der Waals surface area contributed by atoms with Crippen molar-refractivity contribution in [2.45, 2.75) is 20.3 Å². The molecule has 22 heavy (non-hydrogen) atoms. The summed E-state index contributed by atoms with van der Waals surface area (Å²) in [4.78, 5) is 16.9. The molecule has 0 saturated heterocycles. The van der Waals surface area contributed by atoms with Crippen molar-refractivity contribution < 1.29 is 4.79 Å². The van der Waals surface area contributed by atoms with Crippen LogP contribution < -0.4 is 5.32 Å². The van der Waals surface area contributed by atoms with Crippen molar-refractivity contribution in [2.75, 3.05) is 5.32 Å². The lowest BCUT2D eigenvalue weighted by molar-refractivity contribution is -0.110. The molecule has 1 N–H and O–H groups in total. The van der Waals surface area contributed by atoms with Crippen LogP contribution in [-0.4, -0.2) is 11.6 Å². The molecular formula is C17H14BrClN2O.